The number of nitrogens with zero attached hydrogens (tertiary/aromatic N) is 4. The first kappa shape index (κ1) is 15.1. The highest BCUT2D eigenvalue weighted by molar-refractivity contribution is 6.03. The minimum Gasteiger partial charge on any atom is -0.407 e. The Bertz CT molecular complexity index is 1040. The zero-order valence-corrected chi connectivity index (χ0v) is 13.5. The number of carbonyl (C=O) groups is 1. The van der Waals surface area contributed by atoms with Crippen LogP contribution in [0.15, 0.2) is 59.1 Å². The van der Waals surface area contributed by atoms with Gasteiger partial charge in [0.25, 0.3) is 5.91 Å². The maximum Gasteiger partial charge on any atom is 0.322 e. The van der Waals surface area contributed by atoms with Crippen molar-refractivity contribution >= 4 is 17.6 Å². The first-order valence-corrected chi connectivity index (χ1v) is 7.82. The quantitative estimate of drug-likeness (QED) is 0.621. The fourth-order valence-electron chi connectivity index (χ4n) is 2.69. The smallest absolute Gasteiger partial charge is 0.322 e. The number of amides is 1. The highest BCUT2D eigenvalue weighted by Gasteiger charge is 2.18. The number of fused-ring (bicyclic) bond motifs is 1. The van der Waals surface area contributed by atoms with Gasteiger partial charge < -0.3 is 4.42 Å². The Hall–Kier alpha value is -3.48. The van der Waals surface area contributed by atoms with Gasteiger partial charge in [-0.3, -0.25) is 14.5 Å². The van der Waals surface area contributed by atoms with Crippen LogP contribution in [0.5, 0.6) is 0 Å². The monoisotopic (exact) mass is 333 g/mol. The zero-order chi connectivity index (χ0) is 17.2. The molecule has 0 aliphatic carbocycles. The SMILES string of the molecule is Cc1nc2ccccn2c1C(=O)Nc1nnc(Cc2ccccc2)o1. The van der Waals surface area contributed by atoms with Crippen LogP contribution in [-0.2, 0) is 6.42 Å². The molecule has 25 heavy (non-hydrogen) atoms. The molecule has 0 atom stereocenters. The number of imidazole rings is 1. The molecule has 0 bridgehead atoms. The van der Waals surface area contributed by atoms with Crippen LogP contribution in [-0.4, -0.2) is 25.5 Å². The normalized spacial score (nSPS) is 10.9. The molecule has 1 amide bonds. The third-order valence-electron chi connectivity index (χ3n) is 3.80. The second-order valence-corrected chi connectivity index (χ2v) is 5.59. The van der Waals surface area contributed by atoms with Crippen LogP contribution < -0.4 is 5.32 Å². The van der Waals surface area contributed by atoms with Crippen LogP contribution in [0.3, 0.4) is 0 Å². The molecule has 0 saturated carbocycles. The van der Waals surface area contributed by atoms with Crippen molar-refractivity contribution in [3.63, 3.8) is 0 Å². The van der Waals surface area contributed by atoms with E-state index in [2.05, 4.69) is 20.5 Å². The summed E-state index contributed by atoms with van der Waals surface area (Å²) in [6.45, 7) is 1.79. The van der Waals surface area contributed by atoms with Crippen molar-refractivity contribution < 1.29 is 9.21 Å². The van der Waals surface area contributed by atoms with E-state index in [4.69, 9.17) is 4.42 Å². The summed E-state index contributed by atoms with van der Waals surface area (Å²) in [7, 11) is 0. The van der Waals surface area contributed by atoms with Crippen molar-refractivity contribution in [3.05, 3.63) is 77.6 Å². The van der Waals surface area contributed by atoms with Crippen molar-refractivity contribution in [3.8, 4) is 0 Å². The van der Waals surface area contributed by atoms with Crippen molar-refractivity contribution in [2.24, 2.45) is 0 Å². The Balaban J connectivity index is 1.54. The average molecular weight is 333 g/mol. The van der Waals surface area contributed by atoms with Crippen LogP contribution in [0, 0.1) is 6.92 Å². The number of nitrogens with one attached hydrogen (secondary N) is 1. The molecular weight excluding hydrogens is 318 g/mol. The number of hydrogen-bond donors (Lipinski definition) is 1. The van der Waals surface area contributed by atoms with Gasteiger partial charge in [0.2, 0.25) is 5.89 Å². The molecule has 124 valence electrons. The molecule has 1 N–H and O–H groups in total. The molecule has 3 heterocycles. The van der Waals surface area contributed by atoms with Crippen molar-refractivity contribution in [1.29, 1.82) is 0 Å². The largest absolute Gasteiger partial charge is 0.407 e. The lowest BCUT2D eigenvalue weighted by molar-refractivity contribution is 0.101. The van der Waals surface area contributed by atoms with E-state index in [9.17, 15) is 4.79 Å². The van der Waals surface area contributed by atoms with E-state index in [1.807, 2.05) is 48.5 Å². The third kappa shape index (κ3) is 2.99. The summed E-state index contributed by atoms with van der Waals surface area (Å²) in [4.78, 5) is 17.0. The molecule has 0 fully saturated rings. The summed E-state index contributed by atoms with van der Waals surface area (Å²) in [6, 6.07) is 15.4. The molecule has 3 aromatic heterocycles. The highest BCUT2D eigenvalue weighted by Crippen LogP contribution is 2.15. The first-order valence-electron chi connectivity index (χ1n) is 7.82. The maximum atomic E-state index is 12.6. The van der Waals surface area contributed by atoms with Crippen molar-refractivity contribution in [2.45, 2.75) is 13.3 Å². The summed E-state index contributed by atoms with van der Waals surface area (Å²) < 4.78 is 7.25. The van der Waals surface area contributed by atoms with E-state index >= 15 is 0 Å². The van der Waals surface area contributed by atoms with Crippen molar-refractivity contribution in [1.82, 2.24) is 19.6 Å². The van der Waals surface area contributed by atoms with Crippen LogP contribution in [0.1, 0.15) is 27.6 Å². The lowest BCUT2D eigenvalue weighted by Crippen LogP contribution is -2.15. The number of pyridine rings is 1. The van der Waals surface area contributed by atoms with Gasteiger partial charge in [-0.05, 0) is 24.6 Å². The molecular formula is C18H15N5O2. The Kier molecular flexibility index (Phi) is 3.74. The predicted octanol–water partition coefficient (Wildman–Crippen LogP) is 2.87. The standard InChI is InChI=1S/C18H15N5O2/c1-12-16(23-10-6-5-9-14(23)19-12)17(24)20-18-22-21-15(25-18)11-13-7-3-2-4-8-13/h2-10H,11H2,1H3,(H,20,22,24). The van der Waals surface area contributed by atoms with Gasteiger partial charge in [-0.15, -0.1) is 5.10 Å². The molecule has 0 radical (unpaired) electrons. The summed E-state index contributed by atoms with van der Waals surface area (Å²) in [5.41, 5.74) is 2.84. The molecule has 1 aromatic carbocycles. The molecule has 7 heteroatoms. The molecule has 0 aliphatic rings. The highest BCUT2D eigenvalue weighted by atomic mass is 16.4. The van der Waals surface area contributed by atoms with E-state index in [-0.39, 0.29) is 11.9 Å². The van der Waals surface area contributed by atoms with Gasteiger partial charge >= 0.3 is 6.01 Å². The van der Waals surface area contributed by atoms with Gasteiger partial charge in [0.05, 0.1) is 12.1 Å². The van der Waals surface area contributed by atoms with Crippen LogP contribution >= 0.6 is 0 Å². The van der Waals surface area contributed by atoms with Crippen molar-refractivity contribution in [2.75, 3.05) is 5.32 Å². The fourth-order valence-corrected chi connectivity index (χ4v) is 2.69. The second kappa shape index (κ2) is 6.20. The Morgan fingerprint density at radius 2 is 1.92 bits per heavy atom. The lowest BCUT2D eigenvalue weighted by Gasteiger charge is -2.02. The average Bonchev–Trinajstić information content (AvgIpc) is 3.18. The van der Waals surface area contributed by atoms with Gasteiger partial charge in [-0.2, -0.15) is 0 Å². The molecule has 4 rings (SSSR count). The number of aryl methyl sites for hydroxylation is 1. The summed E-state index contributed by atoms with van der Waals surface area (Å²) in [5, 5.41) is 10.5. The molecule has 0 saturated heterocycles. The molecule has 4 aromatic rings. The summed E-state index contributed by atoms with van der Waals surface area (Å²) in [5.74, 6) is 0.0995. The van der Waals surface area contributed by atoms with E-state index in [1.54, 1.807) is 17.5 Å². The van der Waals surface area contributed by atoms with Crippen LogP contribution in [0.4, 0.5) is 6.01 Å². The fraction of sp³-hybridized carbons (Fsp3) is 0.111. The predicted molar refractivity (Wildman–Crippen MR) is 91.4 cm³/mol. The Labute approximate surface area is 143 Å². The second-order valence-electron chi connectivity index (χ2n) is 5.59. The summed E-state index contributed by atoms with van der Waals surface area (Å²) in [6.07, 6.45) is 2.30. The number of hydrogen-bond acceptors (Lipinski definition) is 5. The lowest BCUT2D eigenvalue weighted by atomic mass is 10.2. The summed E-state index contributed by atoms with van der Waals surface area (Å²) >= 11 is 0. The van der Waals surface area contributed by atoms with E-state index in [0.29, 0.717) is 29.3 Å². The zero-order valence-electron chi connectivity index (χ0n) is 13.5. The number of benzene rings is 1. The Morgan fingerprint density at radius 1 is 1.12 bits per heavy atom. The van der Waals surface area contributed by atoms with Gasteiger partial charge in [0, 0.05) is 6.20 Å². The van der Waals surface area contributed by atoms with E-state index in [0.717, 1.165) is 5.56 Å². The van der Waals surface area contributed by atoms with Crippen LogP contribution in [0.2, 0.25) is 0 Å². The first-order chi connectivity index (χ1) is 12.2. The third-order valence-corrected chi connectivity index (χ3v) is 3.80. The van der Waals surface area contributed by atoms with Gasteiger partial charge in [-0.1, -0.05) is 41.5 Å². The number of carbonyl (C=O) groups excluding carboxylic acids is 1. The number of anilines is 1. The van der Waals surface area contributed by atoms with E-state index < -0.39 is 0 Å². The molecule has 0 unspecified atom stereocenters. The minimum atomic E-state index is -0.342. The minimum absolute atomic E-state index is 0.0706. The molecule has 7 nitrogen and oxygen atoms in total. The van der Waals surface area contributed by atoms with Gasteiger partial charge in [0.15, 0.2) is 0 Å². The topological polar surface area (TPSA) is 85.3 Å². The molecule has 0 spiro atoms. The Morgan fingerprint density at radius 3 is 2.76 bits per heavy atom. The number of rotatable bonds is 4. The van der Waals surface area contributed by atoms with Crippen LogP contribution in [0.25, 0.3) is 5.65 Å². The maximum absolute atomic E-state index is 12.6. The van der Waals surface area contributed by atoms with Gasteiger partial charge in [0.1, 0.15) is 11.3 Å². The van der Waals surface area contributed by atoms with Gasteiger partial charge in [-0.25, -0.2) is 4.98 Å². The number of aromatic nitrogens is 4. The molecule has 0 aliphatic heterocycles. The van der Waals surface area contributed by atoms with E-state index in [1.165, 1.54) is 0 Å².